The number of hydrogen-bond acceptors (Lipinski definition) is 4. The zero-order valence-electron chi connectivity index (χ0n) is 14.1. The molecule has 3 rings (SSSR count). The Bertz CT molecular complexity index is 732. The Morgan fingerprint density at radius 2 is 1.91 bits per heavy atom. The van der Waals surface area contributed by atoms with Gasteiger partial charge in [0.05, 0.1) is 0 Å². The van der Waals surface area contributed by atoms with E-state index in [1.165, 1.54) is 0 Å². The van der Waals surface area contributed by atoms with Crippen molar-refractivity contribution >= 4 is 11.6 Å². The van der Waals surface area contributed by atoms with Crippen molar-refractivity contribution in [3.63, 3.8) is 0 Å². The molecule has 2 aromatic rings. The highest BCUT2D eigenvalue weighted by Gasteiger charge is 2.26. The molecule has 1 aromatic heterocycles. The minimum Gasteiger partial charge on any atom is -0.381 e. The number of fused-ring (bicyclic) bond motifs is 1. The summed E-state index contributed by atoms with van der Waals surface area (Å²) in [5.41, 5.74) is 3.83. The van der Waals surface area contributed by atoms with Gasteiger partial charge in [-0.1, -0.05) is 26.8 Å². The molecule has 0 spiro atoms. The molecule has 1 aliphatic rings. The van der Waals surface area contributed by atoms with Gasteiger partial charge in [0.15, 0.2) is 0 Å². The van der Waals surface area contributed by atoms with Crippen molar-refractivity contribution in [3.05, 3.63) is 53.1 Å². The van der Waals surface area contributed by atoms with Gasteiger partial charge in [-0.3, -0.25) is 4.79 Å². The summed E-state index contributed by atoms with van der Waals surface area (Å²) in [6, 6.07) is 5.81. The maximum absolute atomic E-state index is 12.0. The molecule has 0 bridgehead atoms. The van der Waals surface area contributed by atoms with Gasteiger partial charge in [-0.15, -0.1) is 0 Å². The van der Waals surface area contributed by atoms with Crippen LogP contribution < -0.4 is 5.32 Å². The molecule has 120 valence electrons. The lowest BCUT2D eigenvalue weighted by Crippen LogP contribution is -2.17. The quantitative estimate of drug-likeness (QED) is 0.947. The molecule has 1 N–H and O–H groups in total. The van der Waals surface area contributed by atoms with Crippen LogP contribution in [-0.4, -0.2) is 27.8 Å². The average Bonchev–Trinajstić information content (AvgIpc) is 2.81. The van der Waals surface area contributed by atoms with Crippen LogP contribution in [0.15, 0.2) is 30.6 Å². The summed E-state index contributed by atoms with van der Waals surface area (Å²) < 4.78 is 0. The minimum absolute atomic E-state index is 0.0445. The zero-order chi connectivity index (χ0) is 16.6. The Hall–Kier alpha value is -2.43. The van der Waals surface area contributed by atoms with Gasteiger partial charge in [0.1, 0.15) is 5.82 Å². The molecule has 0 aliphatic carbocycles. The number of hydrogen-bond donors (Lipinski definition) is 1. The smallest absolute Gasteiger partial charge is 0.254 e. The van der Waals surface area contributed by atoms with Crippen LogP contribution in [0.2, 0.25) is 0 Å². The van der Waals surface area contributed by atoms with Gasteiger partial charge in [-0.25, -0.2) is 9.97 Å². The van der Waals surface area contributed by atoms with Gasteiger partial charge in [-0.2, -0.15) is 0 Å². The normalized spacial score (nSPS) is 14.1. The number of carbonyl (C=O) groups is 1. The van der Waals surface area contributed by atoms with Crippen molar-refractivity contribution < 1.29 is 4.79 Å². The van der Waals surface area contributed by atoms with Crippen molar-refractivity contribution in [2.45, 2.75) is 39.3 Å². The number of amides is 1. The van der Waals surface area contributed by atoms with E-state index >= 15 is 0 Å². The predicted molar refractivity (Wildman–Crippen MR) is 90.3 cm³/mol. The van der Waals surface area contributed by atoms with E-state index in [4.69, 9.17) is 0 Å². The first kappa shape index (κ1) is 15.5. The number of carbonyl (C=O) groups excluding carboxylic acids is 1. The van der Waals surface area contributed by atoms with Gasteiger partial charge in [0.2, 0.25) is 0 Å². The standard InChI is InChI=1S/C18H22N4O/c1-18(2,3)17-20-9-12(10-21-17)8-19-15-7-5-6-13-14(15)11-22(4)16(13)23/h5-7,9-10,19H,8,11H2,1-4H3. The third-order valence-electron chi connectivity index (χ3n) is 4.01. The van der Waals surface area contributed by atoms with Gasteiger partial charge < -0.3 is 10.2 Å². The lowest BCUT2D eigenvalue weighted by molar-refractivity contribution is 0.0816. The highest BCUT2D eigenvalue weighted by atomic mass is 16.2. The summed E-state index contributed by atoms with van der Waals surface area (Å²) in [5.74, 6) is 0.926. The van der Waals surface area contributed by atoms with E-state index < -0.39 is 0 Å². The molecule has 0 atom stereocenters. The predicted octanol–water partition coefficient (Wildman–Crippen LogP) is 2.97. The summed E-state index contributed by atoms with van der Waals surface area (Å²) in [7, 11) is 1.82. The molecule has 1 amide bonds. The number of nitrogens with one attached hydrogen (secondary N) is 1. The molecule has 0 saturated carbocycles. The highest BCUT2D eigenvalue weighted by molar-refractivity contribution is 5.99. The van der Waals surface area contributed by atoms with E-state index in [0.29, 0.717) is 13.1 Å². The van der Waals surface area contributed by atoms with E-state index in [9.17, 15) is 4.79 Å². The average molecular weight is 310 g/mol. The molecule has 2 heterocycles. The monoisotopic (exact) mass is 310 g/mol. The van der Waals surface area contributed by atoms with Crippen molar-refractivity contribution in [2.24, 2.45) is 0 Å². The van der Waals surface area contributed by atoms with Gasteiger partial charge in [0, 0.05) is 60.3 Å². The first-order chi connectivity index (χ1) is 10.9. The number of aromatic nitrogens is 2. The Morgan fingerprint density at radius 3 is 2.57 bits per heavy atom. The van der Waals surface area contributed by atoms with E-state index in [1.54, 1.807) is 4.90 Å². The maximum Gasteiger partial charge on any atom is 0.254 e. The molecule has 0 unspecified atom stereocenters. The molecular weight excluding hydrogens is 288 g/mol. The van der Waals surface area contributed by atoms with Crippen molar-refractivity contribution in [1.82, 2.24) is 14.9 Å². The zero-order valence-corrected chi connectivity index (χ0v) is 14.1. The van der Waals surface area contributed by atoms with Crippen LogP contribution in [0.3, 0.4) is 0 Å². The van der Waals surface area contributed by atoms with E-state index in [0.717, 1.165) is 28.2 Å². The van der Waals surface area contributed by atoms with Crippen LogP contribution in [0, 0.1) is 0 Å². The summed E-state index contributed by atoms with van der Waals surface area (Å²) in [5, 5.41) is 3.40. The molecule has 1 aromatic carbocycles. The van der Waals surface area contributed by atoms with Crippen molar-refractivity contribution in [2.75, 3.05) is 12.4 Å². The fourth-order valence-electron chi connectivity index (χ4n) is 2.67. The minimum atomic E-state index is -0.0445. The maximum atomic E-state index is 12.0. The molecule has 5 nitrogen and oxygen atoms in total. The van der Waals surface area contributed by atoms with Crippen molar-refractivity contribution in [3.8, 4) is 0 Å². The van der Waals surface area contributed by atoms with Crippen LogP contribution in [0.1, 0.15) is 48.1 Å². The van der Waals surface area contributed by atoms with E-state index in [-0.39, 0.29) is 11.3 Å². The number of rotatable bonds is 3. The van der Waals surface area contributed by atoms with Crippen LogP contribution in [-0.2, 0) is 18.5 Å². The number of benzene rings is 1. The Balaban J connectivity index is 1.74. The van der Waals surface area contributed by atoms with Crippen LogP contribution in [0.4, 0.5) is 5.69 Å². The molecule has 1 aliphatic heterocycles. The van der Waals surface area contributed by atoms with Crippen LogP contribution in [0.25, 0.3) is 0 Å². The fourth-order valence-corrected chi connectivity index (χ4v) is 2.67. The topological polar surface area (TPSA) is 58.1 Å². The van der Waals surface area contributed by atoms with Crippen molar-refractivity contribution in [1.29, 1.82) is 0 Å². The van der Waals surface area contributed by atoms with E-state index in [1.807, 2.05) is 37.6 Å². The SMILES string of the molecule is CN1Cc2c(NCc3cnc(C(C)(C)C)nc3)cccc2C1=O. The second-order valence-corrected chi connectivity index (χ2v) is 7.01. The Kier molecular flexibility index (Phi) is 3.80. The van der Waals surface area contributed by atoms with Gasteiger partial charge >= 0.3 is 0 Å². The first-order valence-electron chi connectivity index (χ1n) is 7.79. The molecule has 23 heavy (non-hydrogen) atoms. The largest absolute Gasteiger partial charge is 0.381 e. The summed E-state index contributed by atoms with van der Waals surface area (Å²) in [6.45, 7) is 7.58. The second-order valence-electron chi connectivity index (χ2n) is 7.01. The molecule has 0 radical (unpaired) electrons. The molecule has 0 fully saturated rings. The molecule has 5 heteroatoms. The van der Waals surface area contributed by atoms with Crippen LogP contribution >= 0.6 is 0 Å². The molecule has 0 saturated heterocycles. The number of nitrogens with zero attached hydrogens (tertiary/aromatic N) is 3. The third kappa shape index (κ3) is 3.04. The molecular formula is C18H22N4O. The summed E-state index contributed by atoms with van der Waals surface area (Å²) >= 11 is 0. The third-order valence-corrected chi connectivity index (χ3v) is 4.01. The first-order valence-corrected chi connectivity index (χ1v) is 7.79. The summed E-state index contributed by atoms with van der Waals surface area (Å²) in [6.07, 6.45) is 3.72. The lowest BCUT2D eigenvalue weighted by atomic mass is 9.96. The Morgan fingerprint density at radius 1 is 1.22 bits per heavy atom. The highest BCUT2D eigenvalue weighted by Crippen LogP contribution is 2.28. The lowest BCUT2D eigenvalue weighted by Gasteiger charge is -2.16. The van der Waals surface area contributed by atoms with Gasteiger partial charge in [-0.05, 0) is 12.1 Å². The second kappa shape index (κ2) is 5.65. The van der Waals surface area contributed by atoms with Crippen LogP contribution in [0.5, 0.6) is 0 Å². The number of anilines is 1. The Labute approximate surface area is 136 Å². The van der Waals surface area contributed by atoms with E-state index in [2.05, 4.69) is 36.1 Å². The summed E-state index contributed by atoms with van der Waals surface area (Å²) in [4.78, 5) is 22.7. The van der Waals surface area contributed by atoms with Gasteiger partial charge in [0.25, 0.3) is 5.91 Å². The fraction of sp³-hybridized carbons (Fsp3) is 0.389.